The number of nitrogens with one attached hydrogen (secondary N) is 1. The van der Waals surface area contributed by atoms with E-state index in [1.807, 2.05) is 68.4 Å². The molecule has 4 saturated carbocycles. The van der Waals surface area contributed by atoms with Crippen molar-refractivity contribution in [3.05, 3.63) is 101 Å². The Hall–Kier alpha value is -3.36. The molecule has 7 rings (SSSR count). The summed E-state index contributed by atoms with van der Waals surface area (Å²) in [5, 5.41) is 3.58. The molecule has 0 aliphatic heterocycles. The molecule has 4 fully saturated rings. The average Bonchev–Trinajstić information content (AvgIpc) is 3.04. The second kappa shape index (κ2) is 14.2. The van der Waals surface area contributed by atoms with Crippen molar-refractivity contribution in [2.45, 2.75) is 76.8 Å². The fourth-order valence-electron chi connectivity index (χ4n) is 8.82. The van der Waals surface area contributed by atoms with Crippen molar-refractivity contribution in [1.29, 1.82) is 0 Å². The van der Waals surface area contributed by atoms with Gasteiger partial charge in [-0.1, -0.05) is 80.0 Å². The van der Waals surface area contributed by atoms with Crippen LogP contribution in [-0.4, -0.2) is 50.5 Å². The van der Waals surface area contributed by atoms with Gasteiger partial charge in [-0.15, -0.1) is 0 Å². The molecule has 1 unspecified atom stereocenters. The van der Waals surface area contributed by atoms with Crippen LogP contribution in [0.1, 0.15) is 69.1 Å². The van der Waals surface area contributed by atoms with Crippen LogP contribution in [0.25, 0.3) is 0 Å². The normalized spacial score (nSPS) is 23.6. The van der Waals surface area contributed by atoms with Crippen molar-refractivity contribution in [3.8, 4) is 0 Å². The maximum atomic E-state index is 14.4. The molecule has 4 bridgehead atoms. The number of anilines is 1. The number of halogens is 1. The number of benzene rings is 3. The molecule has 256 valence electrons. The molecule has 4 aliphatic carbocycles. The number of carbonyl (C=O) groups is 2. The Morgan fingerprint density at radius 2 is 1.44 bits per heavy atom. The molecule has 9 heteroatoms. The lowest BCUT2D eigenvalue weighted by atomic mass is 9.48. The summed E-state index contributed by atoms with van der Waals surface area (Å²) in [6.45, 7) is 4.18. The highest BCUT2D eigenvalue weighted by atomic mass is 35.5. The SMILES string of the molecule is CC(C)CNC(=O)C(Cc1ccccc1)N(Cc1ccc(Cl)cc1)C(=O)CN(c1ccc(C23CC4CC(CC(C4)C2)C3)cc1)S(C)(=O)=O. The average molecular weight is 690 g/mol. The van der Waals surface area contributed by atoms with Crippen molar-refractivity contribution >= 4 is 39.1 Å². The minimum Gasteiger partial charge on any atom is -0.354 e. The highest BCUT2D eigenvalue weighted by molar-refractivity contribution is 7.92. The van der Waals surface area contributed by atoms with E-state index in [-0.39, 0.29) is 30.2 Å². The molecule has 0 saturated heterocycles. The predicted octanol–water partition coefficient (Wildman–Crippen LogP) is 6.99. The molecule has 0 heterocycles. The lowest BCUT2D eigenvalue weighted by molar-refractivity contribution is -0.140. The fraction of sp³-hybridized carbons (Fsp3) is 0.487. The van der Waals surface area contributed by atoms with Gasteiger partial charge in [0.1, 0.15) is 12.6 Å². The Balaban J connectivity index is 1.30. The van der Waals surface area contributed by atoms with Gasteiger partial charge in [-0.3, -0.25) is 13.9 Å². The Morgan fingerprint density at radius 3 is 1.98 bits per heavy atom. The van der Waals surface area contributed by atoms with Crippen LogP contribution in [0.2, 0.25) is 5.02 Å². The topological polar surface area (TPSA) is 86.8 Å². The molecule has 1 N–H and O–H groups in total. The molecule has 0 spiro atoms. The standard InChI is InChI=1S/C39H48ClN3O4S/c1-27(2)24-41-38(45)36(20-28-7-5-4-6-8-28)42(25-29-9-13-34(40)14-10-29)37(44)26-43(48(3,46)47)35-15-11-33(12-16-35)39-21-30-17-31(22-39)19-32(18-30)23-39/h4-16,27,30-32,36H,17-26H2,1-3H3,(H,41,45). The first-order chi connectivity index (χ1) is 22.9. The van der Waals surface area contributed by atoms with Crippen LogP contribution in [0.3, 0.4) is 0 Å². The zero-order chi connectivity index (χ0) is 34.1. The van der Waals surface area contributed by atoms with Gasteiger partial charge in [0.15, 0.2) is 0 Å². The minimum atomic E-state index is -3.84. The van der Waals surface area contributed by atoms with E-state index in [1.54, 1.807) is 12.1 Å². The summed E-state index contributed by atoms with van der Waals surface area (Å²) in [7, 11) is -3.84. The second-order valence-electron chi connectivity index (χ2n) is 15.0. The number of nitrogens with zero attached hydrogens (tertiary/aromatic N) is 2. The first kappa shape index (κ1) is 34.5. The van der Waals surface area contributed by atoms with Crippen molar-refractivity contribution in [1.82, 2.24) is 10.2 Å². The van der Waals surface area contributed by atoms with Crippen molar-refractivity contribution in [3.63, 3.8) is 0 Å². The van der Waals surface area contributed by atoms with Crippen molar-refractivity contribution in [2.75, 3.05) is 23.7 Å². The molecule has 0 aromatic heterocycles. The van der Waals surface area contributed by atoms with Crippen LogP contribution >= 0.6 is 11.6 Å². The van der Waals surface area contributed by atoms with Gasteiger partial charge in [0, 0.05) is 24.5 Å². The highest BCUT2D eigenvalue weighted by Crippen LogP contribution is 2.60. The van der Waals surface area contributed by atoms with E-state index in [0.717, 1.165) is 35.1 Å². The summed E-state index contributed by atoms with van der Waals surface area (Å²) >= 11 is 6.17. The number of hydrogen-bond donors (Lipinski definition) is 1. The first-order valence-corrected chi connectivity index (χ1v) is 19.5. The third-order valence-electron chi connectivity index (χ3n) is 10.7. The van der Waals surface area contributed by atoms with Gasteiger partial charge in [-0.2, -0.15) is 0 Å². The molecule has 2 amide bonds. The largest absolute Gasteiger partial charge is 0.354 e. The van der Waals surface area contributed by atoms with Gasteiger partial charge in [0.2, 0.25) is 21.8 Å². The lowest BCUT2D eigenvalue weighted by Crippen LogP contribution is -2.53. The van der Waals surface area contributed by atoms with Crippen LogP contribution in [0, 0.1) is 23.7 Å². The zero-order valence-electron chi connectivity index (χ0n) is 28.3. The van der Waals surface area contributed by atoms with Crippen LogP contribution in [0.4, 0.5) is 5.69 Å². The van der Waals surface area contributed by atoms with E-state index in [9.17, 15) is 18.0 Å². The van der Waals surface area contributed by atoms with E-state index in [4.69, 9.17) is 11.6 Å². The summed E-state index contributed by atoms with van der Waals surface area (Å²) in [6.07, 6.45) is 9.13. The maximum absolute atomic E-state index is 14.4. The Morgan fingerprint density at radius 1 is 0.854 bits per heavy atom. The molecule has 3 aromatic rings. The first-order valence-electron chi connectivity index (χ1n) is 17.3. The number of carbonyl (C=O) groups excluding carboxylic acids is 2. The second-order valence-corrected chi connectivity index (χ2v) is 17.4. The quantitative estimate of drug-likeness (QED) is 0.210. The monoisotopic (exact) mass is 689 g/mol. The molecule has 4 aliphatic rings. The van der Waals surface area contributed by atoms with E-state index in [1.165, 1.54) is 53.3 Å². The van der Waals surface area contributed by atoms with E-state index < -0.39 is 28.5 Å². The smallest absolute Gasteiger partial charge is 0.244 e. The number of amides is 2. The third kappa shape index (κ3) is 7.92. The molecule has 7 nitrogen and oxygen atoms in total. The summed E-state index contributed by atoms with van der Waals surface area (Å²) in [5.41, 5.74) is 3.61. The fourth-order valence-corrected chi connectivity index (χ4v) is 9.80. The Kier molecular flexibility index (Phi) is 10.2. The molecule has 1 atom stereocenters. The molecule has 0 radical (unpaired) electrons. The van der Waals surface area contributed by atoms with E-state index in [0.29, 0.717) is 17.3 Å². The van der Waals surface area contributed by atoms with Gasteiger partial charge in [-0.25, -0.2) is 8.42 Å². The summed E-state index contributed by atoms with van der Waals surface area (Å²) in [6, 6.07) is 23.8. The van der Waals surface area contributed by atoms with Crippen molar-refractivity contribution in [2.24, 2.45) is 23.7 Å². The van der Waals surface area contributed by atoms with E-state index in [2.05, 4.69) is 17.4 Å². The van der Waals surface area contributed by atoms with Crippen LogP contribution in [0.15, 0.2) is 78.9 Å². The molecular formula is C39H48ClN3O4S. The summed E-state index contributed by atoms with van der Waals surface area (Å²) in [4.78, 5) is 29.8. The van der Waals surface area contributed by atoms with Crippen molar-refractivity contribution < 1.29 is 18.0 Å². The maximum Gasteiger partial charge on any atom is 0.244 e. The number of sulfonamides is 1. The minimum absolute atomic E-state index is 0.116. The number of rotatable bonds is 13. The Bertz CT molecular complexity index is 1660. The Labute approximate surface area is 291 Å². The summed E-state index contributed by atoms with van der Waals surface area (Å²) < 4.78 is 27.8. The zero-order valence-corrected chi connectivity index (χ0v) is 29.8. The lowest BCUT2D eigenvalue weighted by Gasteiger charge is -2.57. The van der Waals surface area contributed by atoms with Gasteiger partial charge in [-0.05, 0) is 109 Å². The van der Waals surface area contributed by atoms with Crippen LogP contribution in [0.5, 0.6) is 0 Å². The van der Waals surface area contributed by atoms with Gasteiger partial charge in [0.25, 0.3) is 0 Å². The number of hydrogen-bond acceptors (Lipinski definition) is 4. The van der Waals surface area contributed by atoms with Gasteiger partial charge >= 0.3 is 0 Å². The molecule has 48 heavy (non-hydrogen) atoms. The van der Waals surface area contributed by atoms with Gasteiger partial charge in [0.05, 0.1) is 11.9 Å². The molecular weight excluding hydrogens is 642 g/mol. The van der Waals surface area contributed by atoms with E-state index >= 15 is 0 Å². The van der Waals surface area contributed by atoms with Crippen LogP contribution < -0.4 is 9.62 Å². The third-order valence-corrected chi connectivity index (χ3v) is 12.1. The van der Waals surface area contributed by atoms with Gasteiger partial charge < -0.3 is 10.2 Å². The molecule has 3 aromatic carbocycles. The highest BCUT2D eigenvalue weighted by Gasteiger charge is 2.51. The van der Waals surface area contributed by atoms with Crippen LogP contribution in [-0.2, 0) is 38.0 Å². The summed E-state index contributed by atoms with van der Waals surface area (Å²) in [5.74, 6) is 1.88. The predicted molar refractivity (Wildman–Crippen MR) is 192 cm³/mol.